The number of amides is 1. The van der Waals surface area contributed by atoms with Gasteiger partial charge in [0.1, 0.15) is 11.0 Å². The number of rotatable bonds is 2. The van der Waals surface area contributed by atoms with Crippen LogP contribution in [0.15, 0.2) is 12.1 Å². The van der Waals surface area contributed by atoms with Gasteiger partial charge in [0.25, 0.3) is 5.91 Å². The summed E-state index contributed by atoms with van der Waals surface area (Å²) < 4.78 is 0. The lowest BCUT2D eigenvalue weighted by atomic mass is 9.93. The molecule has 2 heterocycles. The summed E-state index contributed by atoms with van der Waals surface area (Å²) in [6, 6.07) is 3.18. The molecule has 3 N–H and O–H groups in total. The molecule has 0 spiro atoms. The molecule has 2 rings (SSSR count). The van der Waals surface area contributed by atoms with Crippen LogP contribution < -0.4 is 11.3 Å². The highest BCUT2D eigenvalue weighted by atomic mass is 35.5. The zero-order valence-corrected chi connectivity index (χ0v) is 11.3. The normalized spacial score (nSPS) is 17.9. The Morgan fingerprint density at radius 2 is 2.28 bits per heavy atom. The van der Waals surface area contributed by atoms with E-state index < -0.39 is 0 Å². The second-order valence-corrected chi connectivity index (χ2v) is 5.74. The SMILES string of the molecule is CC1(C)CCN(C(=O)c2cc(Cl)nc(NN)c2)C1. The number of carbonyl (C=O) groups excluding carboxylic acids is 1. The van der Waals surface area contributed by atoms with Gasteiger partial charge in [0, 0.05) is 18.7 Å². The van der Waals surface area contributed by atoms with Crippen LogP contribution in [-0.2, 0) is 0 Å². The Kier molecular flexibility index (Phi) is 3.45. The van der Waals surface area contributed by atoms with Gasteiger partial charge in [-0.25, -0.2) is 10.8 Å². The molecule has 1 aliphatic rings. The number of carbonyl (C=O) groups is 1. The van der Waals surface area contributed by atoms with E-state index in [0.717, 1.165) is 19.5 Å². The third kappa shape index (κ3) is 2.73. The third-order valence-corrected chi connectivity index (χ3v) is 3.35. The van der Waals surface area contributed by atoms with Gasteiger partial charge < -0.3 is 10.3 Å². The molecule has 1 fully saturated rings. The zero-order chi connectivity index (χ0) is 13.3. The van der Waals surface area contributed by atoms with E-state index in [1.165, 1.54) is 0 Å². The maximum atomic E-state index is 12.3. The zero-order valence-electron chi connectivity index (χ0n) is 10.5. The molecule has 0 aliphatic carbocycles. The van der Waals surface area contributed by atoms with Crippen molar-refractivity contribution in [3.05, 3.63) is 22.8 Å². The molecule has 0 unspecified atom stereocenters. The van der Waals surface area contributed by atoms with Crippen molar-refractivity contribution in [3.8, 4) is 0 Å². The van der Waals surface area contributed by atoms with E-state index in [0.29, 0.717) is 11.4 Å². The van der Waals surface area contributed by atoms with E-state index in [-0.39, 0.29) is 16.5 Å². The van der Waals surface area contributed by atoms with Crippen molar-refractivity contribution in [1.29, 1.82) is 0 Å². The highest BCUT2D eigenvalue weighted by Gasteiger charge is 2.32. The molecule has 0 atom stereocenters. The maximum Gasteiger partial charge on any atom is 0.254 e. The van der Waals surface area contributed by atoms with Crippen LogP contribution in [0.3, 0.4) is 0 Å². The maximum absolute atomic E-state index is 12.3. The molecular formula is C12H17ClN4O. The summed E-state index contributed by atoms with van der Waals surface area (Å²) in [4.78, 5) is 18.1. The molecule has 1 aromatic heterocycles. The molecular weight excluding hydrogens is 252 g/mol. The summed E-state index contributed by atoms with van der Waals surface area (Å²) >= 11 is 5.86. The number of halogens is 1. The van der Waals surface area contributed by atoms with Crippen LogP contribution in [0.5, 0.6) is 0 Å². The van der Waals surface area contributed by atoms with Crippen LogP contribution >= 0.6 is 11.6 Å². The standard InChI is InChI=1S/C12H17ClN4O/c1-12(2)3-4-17(7-12)11(18)8-5-9(13)15-10(6-8)16-14/h5-6H,3-4,7,14H2,1-2H3,(H,15,16). The first-order valence-corrected chi connectivity index (χ1v) is 6.22. The van der Waals surface area contributed by atoms with E-state index in [1.807, 2.05) is 4.90 Å². The van der Waals surface area contributed by atoms with Gasteiger partial charge in [-0.05, 0) is 24.0 Å². The quantitative estimate of drug-likeness (QED) is 0.488. The Balaban J connectivity index is 2.21. The fraction of sp³-hybridized carbons (Fsp3) is 0.500. The molecule has 1 amide bonds. The van der Waals surface area contributed by atoms with Crippen LogP contribution in [0.25, 0.3) is 0 Å². The molecule has 0 aromatic carbocycles. The fourth-order valence-corrected chi connectivity index (χ4v) is 2.37. The number of hydrogen-bond donors (Lipinski definition) is 2. The summed E-state index contributed by atoms with van der Waals surface area (Å²) in [5, 5.41) is 0.257. The predicted molar refractivity (Wildman–Crippen MR) is 71.4 cm³/mol. The molecule has 0 bridgehead atoms. The molecule has 18 heavy (non-hydrogen) atoms. The molecule has 1 aromatic rings. The summed E-state index contributed by atoms with van der Waals surface area (Å²) in [5.41, 5.74) is 3.10. The van der Waals surface area contributed by atoms with Crippen molar-refractivity contribution in [2.24, 2.45) is 11.3 Å². The Morgan fingerprint density at radius 1 is 1.56 bits per heavy atom. The minimum absolute atomic E-state index is 0.0265. The number of anilines is 1. The van der Waals surface area contributed by atoms with Crippen LogP contribution in [-0.4, -0.2) is 28.9 Å². The van der Waals surface area contributed by atoms with Crippen molar-refractivity contribution in [2.75, 3.05) is 18.5 Å². The first kappa shape index (κ1) is 13.1. The first-order chi connectivity index (χ1) is 8.41. The number of pyridine rings is 1. The predicted octanol–water partition coefficient (Wildman–Crippen LogP) is 1.89. The molecule has 6 heteroatoms. The van der Waals surface area contributed by atoms with Crippen molar-refractivity contribution in [2.45, 2.75) is 20.3 Å². The Morgan fingerprint density at radius 3 is 2.83 bits per heavy atom. The summed E-state index contributed by atoms with van der Waals surface area (Å²) in [6.07, 6.45) is 1.01. The van der Waals surface area contributed by atoms with Crippen LogP contribution in [0.4, 0.5) is 5.82 Å². The van der Waals surface area contributed by atoms with Gasteiger partial charge in [-0.15, -0.1) is 0 Å². The van der Waals surface area contributed by atoms with Crippen LogP contribution in [0.1, 0.15) is 30.6 Å². The number of aromatic nitrogens is 1. The van der Waals surface area contributed by atoms with Gasteiger partial charge >= 0.3 is 0 Å². The van der Waals surface area contributed by atoms with Crippen molar-refractivity contribution in [3.63, 3.8) is 0 Å². The second kappa shape index (κ2) is 4.74. The Labute approximate surface area is 111 Å². The summed E-state index contributed by atoms with van der Waals surface area (Å²) in [5.74, 6) is 5.65. The molecule has 1 saturated heterocycles. The minimum atomic E-state index is -0.0265. The highest BCUT2D eigenvalue weighted by molar-refractivity contribution is 6.29. The van der Waals surface area contributed by atoms with E-state index in [4.69, 9.17) is 17.4 Å². The molecule has 5 nitrogen and oxygen atoms in total. The number of nitrogens with two attached hydrogens (primary N) is 1. The minimum Gasteiger partial charge on any atom is -0.338 e. The largest absolute Gasteiger partial charge is 0.338 e. The summed E-state index contributed by atoms with van der Waals surface area (Å²) in [7, 11) is 0. The second-order valence-electron chi connectivity index (χ2n) is 5.35. The number of nitrogens with one attached hydrogen (secondary N) is 1. The van der Waals surface area contributed by atoms with Crippen LogP contribution in [0, 0.1) is 5.41 Å². The van der Waals surface area contributed by atoms with E-state index in [9.17, 15) is 4.79 Å². The molecule has 0 radical (unpaired) electrons. The van der Waals surface area contributed by atoms with Crippen molar-refractivity contribution >= 4 is 23.3 Å². The number of hydrogen-bond acceptors (Lipinski definition) is 4. The third-order valence-electron chi connectivity index (χ3n) is 3.15. The van der Waals surface area contributed by atoms with E-state index in [2.05, 4.69) is 24.3 Å². The fourth-order valence-electron chi connectivity index (χ4n) is 2.16. The average molecular weight is 269 g/mol. The lowest BCUT2D eigenvalue weighted by Gasteiger charge is -2.20. The number of hydrazine groups is 1. The van der Waals surface area contributed by atoms with E-state index >= 15 is 0 Å². The molecule has 0 saturated carbocycles. The van der Waals surface area contributed by atoms with Gasteiger partial charge in [-0.3, -0.25) is 4.79 Å². The van der Waals surface area contributed by atoms with Crippen molar-refractivity contribution < 1.29 is 4.79 Å². The molecule has 1 aliphatic heterocycles. The Bertz CT molecular complexity index is 475. The highest BCUT2D eigenvalue weighted by Crippen LogP contribution is 2.30. The lowest BCUT2D eigenvalue weighted by Crippen LogP contribution is -2.30. The number of nitrogen functional groups attached to an aromatic ring is 1. The Hall–Kier alpha value is -1.33. The van der Waals surface area contributed by atoms with Gasteiger partial charge in [-0.1, -0.05) is 25.4 Å². The van der Waals surface area contributed by atoms with Crippen LogP contribution in [0.2, 0.25) is 5.15 Å². The molecule has 98 valence electrons. The lowest BCUT2D eigenvalue weighted by molar-refractivity contribution is 0.0778. The first-order valence-electron chi connectivity index (χ1n) is 5.85. The summed E-state index contributed by atoms with van der Waals surface area (Å²) in [6.45, 7) is 5.85. The number of nitrogens with zero attached hydrogens (tertiary/aromatic N) is 2. The van der Waals surface area contributed by atoms with Crippen molar-refractivity contribution in [1.82, 2.24) is 9.88 Å². The monoisotopic (exact) mass is 268 g/mol. The average Bonchev–Trinajstić information content (AvgIpc) is 2.67. The smallest absolute Gasteiger partial charge is 0.254 e. The topological polar surface area (TPSA) is 71.2 Å². The van der Waals surface area contributed by atoms with Gasteiger partial charge in [-0.2, -0.15) is 0 Å². The van der Waals surface area contributed by atoms with E-state index in [1.54, 1.807) is 12.1 Å². The van der Waals surface area contributed by atoms with Gasteiger partial charge in [0.15, 0.2) is 0 Å². The number of likely N-dealkylation sites (tertiary alicyclic amines) is 1. The van der Waals surface area contributed by atoms with Gasteiger partial charge in [0.2, 0.25) is 0 Å². The van der Waals surface area contributed by atoms with Gasteiger partial charge in [0.05, 0.1) is 0 Å².